The molecule has 1 amide bonds. The number of carbonyl (C=O) groups excluding carboxylic acids is 1. The van der Waals surface area contributed by atoms with Gasteiger partial charge in [-0.15, -0.1) is 0 Å². The molecule has 0 aliphatic carbocycles. The minimum absolute atomic E-state index is 0.123. The van der Waals surface area contributed by atoms with Gasteiger partial charge in [-0.2, -0.15) is 0 Å². The summed E-state index contributed by atoms with van der Waals surface area (Å²) in [5, 5.41) is 0. The summed E-state index contributed by atoms with van der Waals surface area (Å²) in [7, 11) is -4.40. The van der Waals surface area contributed by atoms with Gasteiger partial charge in [-0.3, -0.25) is 9.59 Å². The van der Waals surface area contributed by atoms with E-state index < -0.39 is 26.4 Å². The van der Waals surface area contributed by atoms with E-state index in [1.807, 2.05) is 18.2 Å². The highest BCUT2D eigenvalue weighted by Gasteiger charge is 2.40. The zero-order valence-corrected chi connectivity index (χ0v) is 21.9. The second-order valence-electron chi connectivity index (χ2n) is 10.2. The van der Waals surface area contributed by atoms with Crippen LogP contribution in [-0.2, 0) is 16.4 Å². The van der Waals surface area contributed by atoms with Crippen molar-refractivity contribution >= 4 is 21.7 Å². The summed E-state index contributed by atoms with van der Waals surface area (Å²) >= 11 is 0. The molecule has 1 atom stereocenters. The van der Waals surface area contributed by atoms with Gasteiger partial charge in [0.1, 0.15) is 11.6 Å². The van der Waals surface area contributed by atoms with Crippen molar-refractivity contribution in [1.29, 1.82) is 0 Å². The van der Waals surface area contributed by atoms with Crippen molar-refractivity contribution in [3.8, 4) is 17.0 Å². The Bertz CT molecular complexity index is 1530. The summed E-state index contributed by atoms with van der Waals surface area (Å²) in [6.45, 7) is 7.63. The number of ether oxygens (including phenoxy) is 1. The first-order valence-electron chi connectivity index (χ1n) is 12.4. The molecule has 2 aliphatic rings. The Morgan fingerprint density at radius 2 is 2.03 bits per heavy atom. The quantitative estimate of drug-likeness (QED) is 0.508. The number of hydrogen-bond acceptors (Lipinski definition) is 7. The minimum atomic E-state index is -4.40. The number of fused-ring (bicyclic) bond motifs is 1. The van der Waals surface area contributed by atoms with Gasteiger partial charge in [0.25, 0.3) is 21.5 Å². The van der Waals surface area contributed by atoms with E-state index in [-0.39, 0.29) is 11.1 Å². The Morgan fingerprint density at radius 3 is 2.76 bits per heavy atom. The highest BCUT2D eigenvalue weighted by molar-refractivity contribution is 7.90. The number of aromatic nitrogens is 2. The largest absolute Gasteiger partial charge is 0.492 e. The molecule has 194 valence electrons. The Hall–Kier alpha value is -3.66. The first kappa shape index (κ1) is 25.0. The van der Waals surface area contributed by atoms with Crippen LogP contribution < -0.4 is 19.9 Å². The predicted molar refractivity (Wildman–Crippen MR) is 140 cm³/mol. The first-order chi connectivity index (χ1) is 17.6. The number of rotatable bonds is 6. The maximum absolute atomic E-state index is 13.4. The summed E-state index contributed by atoms with van der Waals surface area (Å²) in [6.07, 6.45) is 4.04. The molecule has 0 unspecified atom stereocenters. The Balaban J connectivity index is 1.60. The zero-order valence-electron chi connectivity index (χ0n) is 21.1. The number of hydrogen-bond donors (Lipinski definition) is 2. The van der Waals surface area contributed by atoms with Crippen molar-refractivity contribution in [2.75, 3.05) is 18.1 Å². The molecule has 1 saturated heterocycles. The number of benzene rings is 1. The fourth-order valence-corrected chi connectivity index (χ4v) is 6.31. The van der Waals surface area contributed by atoms with Crippen molar-refractivity contribution in [2.24, 2.45) is 5.92 Å². The minimum Gasteiger partial charge on any atom is -0.492 e. The van der Waals surface area contributed by atoms with Gasteiger partial charge >= 0.3 is 0 Å². The van der Waals surface area contributed by atoms with Gasteiger partial charge in [0.05, 0.1) is 17.9 Å². The standard InChI is InChI=1S/C27H30N4O5S/c1-4-17-15-27(2,3)31(16-17)24-20(25(32)30-37(34,35)22-9-6-13-28-26(22)33)10-11-21(29-24)19-8-5-7-18-12-14-36-23(18)19/h5-11,13,17H,4,12,14-16H2,1-3H3,(H,28,33)(H,30,32)/t17-/m1/s1. The summed E-state index contributed by atoms with van der Waals surface area (Å²) in [6, 6.07) is 11.8. The molecular formula is C27H30N4O5S. The third-order valence-corrected chi connectivity index (χ3v) is 8.56. The normalized spacial score (nSPS) is 18.4. The Morgan fingerprint density at radius 1 is 1.22 bits per heavy atom. The molecule has 1 aromatic carbocycles. The number of aromatic amines is 1. The summed E-state index contributed by atoms with van der Waals surface area (Å²) in [5.41, 5.74) is 1.60. The molecule has 1 fully saturated rings. The molecule has 0 saturated carbocycles. The monoisotopic (exact) mass is 522 g/mol. The maximum Gasteiger partial charge on any atom is 0.269 e. The predicted octanol–water partition coefficient (Wildman–Crippen LogP) is 3.51. The Kier molecular flexibility index (Phi) is 6.31. The van der Waals surface area contributed by atoms with Crippen molar-refractivity contribution < 1.29 is 17.9 Å². The van der Waals surface area contributed by atoms with E-state index in [0.29, 0.717) is 30.6 Å². The third-order valence-electron chi connectivity index (χ3n) is 7.20. The van der Waals surface area contributed by atoms with Crippen LogP contribution in [0.25, 0.3) is 11.3 Å². The van der Waals surface area contributed by atoms with Crippen LogP contribution in [0.3, 0.4) is 0 Å². The first-order valence-corrected chi connectivity index (χ1v) is 13.9. The summed E-state index contributed by atoms with van der Waals surface area (Å²) in [4.78, 5) is 34.3. The molecule has 2 aliphatic heterocycles. The Labute approximate surface area is 215 Å². The van der Waals surface area contributed by atoms with Crippen LogP contribution in [0.15, 0.2) is 58.4 Å². The van der Waals surface area contributed by atoms with Gasteiger partial charge in [-0.05, 0) is 62.1 Å². The van der Waals surface area contributed by atoms with E-state index in [1.54, 1.807) is 12.1 Å². The molecule has 5 rings (SSSR count). The van der Waals surface area contributed by atoms with Gasteiger partial charge in [0.2, 0.25) is 0 Å². The lowest BCUT2D eigenvalue weighted by Gasteiger charge is -2.34. The molecule has 4 heterocycles. The van der Waals surface area contributed by atoms with Gasteiger partial charge in [-0.25, -0.2) is 18.1 Å². The van der Waals surface area contributed by atoms with E-state index in [2.05, 4.69) is 35.4 Å². The fraction of sp³-hybridized carbons (Fsp3) is 0.370. The van der Waals surface area contributed by atoms with Gasteiger partial charge in [-0.1, -0.05) is 25.5 Å². The number of anilines is 1. The van der Waals surface area contributed by atoms with Crippen LogP contribution in [0.1, 0.15) is 49.5 Å². The smallest absolute Gasteiger partial charge is 0.269 e. The average Bonchev–Trinajstić information content (AvgIpc) is 3.46. The highest BCUT2D eigenvalue weighted by Crippen LogP contribution is 2.41. The van der Waals surface area contributed by atoms with E-state index in [0.717, 1.165) is 42.2 Å². The van der Waals surface area contributed by atoms with Crippen LogP contribution in [0.4, 0.5) is 5.82 Å². The van der Waals surface area contributed by atoms with Crippen LogP contribution in [-0.4, -0.2) is 43.0 Å². The van der Waals surface area contributed by atoms with E-state index >= 15 is 0 Å². The fourth-order valence-electron chi connectivity index (χ4n) is 5.28. The number of para-hydroxylation sites is 1. The topological polar surface area (TPSA) is 121 Å². The van der Waals surface area contributed by atoms with E-state index in [1.165, 1.54) is 12.3 Å². The van der Waals surface area contributed by atoms with Crippen LogP contribution in [0.5, 0.6) is 5.75 Å². The van der Waals surface area contributed by atoms with Gasteiger partial charge < -0.3 is 14.6 Å². The van der Waals surface area contributed by atoms with Gasteiger partial charge in [0, 0.05) is 30.3 Å². The molecule has 37 heavy (non-hydrogen) atoms. The lowest BCUT2D eigenvalue weighted by atomic mass is 9.95. The lowest BCUT2D eigenvalue weighted by Crippen LogP contribution is -2.41. The van der Waals surface area contributed by atoms with Crippen molar-refractivity contribution in [1.82, 2.24) is 14.7 Å². The zero-order chi connectivity index (χ0) is 26.4. The SMILES string of the molecule is CC[C@H]1CN(c2nc(-c3cccc4c3OCC4)ccc2C(=O)NS(=O)(=O)c2ccc[nH]c2=O)C(C)(C)C1. The van der Waals surface area contributed by atoms with Crippen LogP contribution in [0.2, 0.25) is 0 Å². The number of amides is 1. The van der Waals surface area contributed by atoms with Gasteiger partial charge in [0.15, 0.2) is 4.90 Å². The van der Waals surface area contributed by atoms with E-state index in [9.17, 15) is 18.0 Å². The van der Waals surface area contributed by atoms with E-state index in [4.69, 9.17) is 9.72 Å². The molecule has 0 spiro atoms. The van der Waals surface area contributed by atoms with Crippen LogP contribution in [0, 0.1) is 5.92 Å². The number of nitrogens with one attached hydrogen (secondary N) is 2. The number of H-pyrrole nitrogens is 1. The third kappa shape index (κ3) is 4.61. The van der Waals surface area contributed by atoms with Crippen molar-refractivity contribution in [3.05, 3.63) is 70.1 Å². The van der Waals surface area contributed by atoms with Crippen molar-refractivity contribution in [2.45, 2.75) is 50.5 Å². The molecule has 10 heteroatoms. The average molecular weight is 523 g/mol. The summed E-state index contributed by atoms with van der Waals surface area (Å²) < 4.78 is 33.8. The second-order valence-corrected chi connectivity index (χ2v) is 11.8. The number of pyridine rings is 2. The number of sulfonamides is 1. The molecule has 0 radical (unpaired) electrons. The highest BCUT2D eigenvalue weighted by atomic mass is 32.2. The molecule has 3 aromatic rings. The number of carbonyl (C=O) groups is 1. The molecular weight excluding hydrogens is 492 g/mol. The number of nitrogens with zero attached hydrogens (tertiary/aromatic N) is 2. The maximum atomic E-state index is 13.4. The molecule has 2 N–H and O–H groups in total. The van der Waals surface area contributed by atoms with Crippen LogP contribution >= 0.6 is 0 Å². The summed E-state index contributed by atoms with van der Waals surface area (Å²) in [5.74, 6) is 0.759. The van der Waals surface area contributed by atoms with Crippen molar-refractivity contribution in [3.63, 3.8) is 0 Å². The molecule has 0 bridgehead atoms. The lowest BCUT2D eigenvalue weighted by molar-refractivity contribution is 0.0981. The molecule has 9 nitrogen and oxygen atoms in total. The second kappa shape index (κ2) is 9.33. The molecule has 2 aromatic heterocycles.